The van der Waals surface area contributed by atoms with Gasteiger partial charge in [0, 0.05) is 16.2 Å². The van der Waals surface area contributed by atoms with E-state index in [4.69, 9.17) is 9.47 Å². The van der Waals surface area contributed by atoms with Crippen molar-refractivity contribution in [3.63, 3.8) is 0 Å². The number of hydrogen-bond acceptors (Lipinski definition) is 4. The number of imidazole rings is 1. The Kier molecular flexibility index (Phi) is 3.78. The summed E-state index contributed by atoms with van der Waals surface area (Å²) in [5.74, 6) is 0. The number of halogens is 1. The van der Waals surface area contributed by atoms with Gasteiger partial charge in [0.05, 0.1) is 11.4 Å². The monoisotopic (exact) mass is 386 g/mol. The van der Waals surface area contributed by atoms with Crippen molar-refractivity contribution in [1.29, 1.82) is 0 Å². The third kappa shape index (κ3) is 2.48. The third-order valence-corrected chi connectivity index (χ3v) is 4.54. The predicted molar refractivity (Wildman–Crippen MR) is 92.2 cm³/mol. The lowest BCUT2D eigenvalue weighted by molar-refractivity contribution is -0.0264. The number of rotatable bonds is 3. The van der Waals surface area contributed by atoms with E-state index in [1.807, 2.05) is 53.9 Å². The van der Waals surface area contributed by atoms with Crippen LogP contribution in [0.1, 0.15) is 34.9 Å². The van der Waals surface area contributed by atoms with Crippen molar-refractivity contribution in [1.82, 2.24) is 9.38 Å². The number of aliphatic hydroxyl groups is 1. The summed E-state index contributed by atoms with van der Waals surface area (Å²) in [6.07, 6.45) is 3.52. The predicted octanol–water partition coefficient (Wildman–Crippen LogP) is 4.00. The quantitative estimate of drug-likeness (QED) is 0.738. The Bertz CT molecular complexity index is 927. The molecule has 4 rings (SSSR count). The molecule has 3 heterocycles. The van der Waals surface area contributed by atoms with E-state index in [-0.39, 0.29) is 0 Å². The van der Waals surface area contributed by atoms with Gasteiger partial charge in [-0.15, -0.1) is 0 Å². The van der Waals surface area contributed by atoms with Gasteiger partial charge in [0.1, 0.15) is 24.3 Å². The fourth-order valence-corrected chi connectivity index (χ4v) is 3.33. The molecule has 0 bridgehead atoms. The molecule has 1 unspecified atom stereocenters. The Labute approximate surface area is 147 Å². The van der Waals surface area contributed by atoms with Crippen LogP contribution in [0.5, 0.6) is 0 Å². The molecule has 0 amide bonds. The van der Waals surface area contributed by atoms with Crippen LogP contribution in [0.15, 0.2) is 59.6 Å². The smallest absolute Gasteiger partial charge is 0.266 e. The molecule has 2 aromatic heterocycles. The standard InChI is InChI=1S/C18H15BrN2O3/c1-11-16(21-10-12(19)6-7-15(21)20-11)17(22)13-4-2-3-5-14(13)18-23-8-9-24-18/h2-10,17-18,22H,1H3. The van der Waals surface area contributed by atoms with E-state index < -0.39 is 12.4 Å². The number of hydrogen-bond donors (Lipinski definition) is 1. The summed E-state index contributed by atoms with van der Waals surface area (Å²) < 4.78 is 13.7. The van der Waals surface area contributed by atoms with Gasteiger partial charge < -0.3 is 14.6 Å². The lowest BCUT2D eigenvalue weighted by atomic mass is 9.99. The highest BCUT2D eigenvalue weighted by atomic mass is 79.9. The van der Waals surface area contributed by atoms with Crippen molar-refractivity contribution >= 4 is 21.6 Å². The van der Waals surface area contributed by atoms with Crippen LogP contribution in [0.25, 0.3) is 5.65 Å². The van der Waals surface area contributed by atoms with Gasteiger partial charge in [0.15, 0.2) is 0 Å². The average Bonchev–Trinajstić information content (AvgIpc) is 3.21. The van der Waals surface area contributed by atoms with Crippen molar-refractivity contribution in [3.8, 4) is 0 Å². The molecule has 1 N–H and O–H groups in total. The molecule has 3 aromatic rings. The average molecular weight is 387 g/mol. The van der Waals surface area contributed by atoms with E-state index in [0.717, 1.165) is 32.6 Å². The summed E-state index contributed by atoms with van der Waals surface area (Å²) in [5.41, 5.74) is 3.82. The van der Waals surface area contributed by atoms with Crippen molar-refractivity contribution in [2.75, 3.05) is 0 Å². The molecule has 1 aliphatic heterocycles. The third-order valence-electron chi connectivity index (χ3n) is 4.07. The Morgan fingerprint density at radius 1 is 1.17 bits per heavy atom. The van der Waals surface area contributed by atoms with Crippen LogP contribution in [-0.4, -0.2) is 14.5 Å². The second-order valence-corrected chi connectivity index (χ2v) is 6.48. The molecule has 0 radical (unpaired) electrons. The molecule has 1 atom stereocenters. The molecule has 0 fully saturated rings. The van der Waals surface area contributed by atoms with E-state index in [9.17, 15) is 5.11 Å². The number of ether oxygens (including phenoxy) is 2. The van der Waals surface area contributed by atoms with E-state index in [0.29, 0.717) is 0 Å². The zero-order valence-electron chi connectivity index (χ0n) is 12.9. The van der Waals surface area contributed by atoms with Crippen LogP contribution in [0.3, 0.4) is 0 Å². The topological polar surface area (TPSA) is 56.0 Å². The normalized spacial score (nSPS) is 15.5. The van der Waals surface area contributed by atoms with Crippen molar-refractivity contribution in [2.45, 2.75) is 19.3 Å². The minimum atomic E-state index is -0.849. The Balaban J connectivity index is 1.84. The highest BCUT2D eigenvalue weighted by Gasteiger charge is 2.26. The lowest BCUT2D eigenvalue weighted by Gasteiger charge is -2.19. The van der Waals surface area contributed by atoms with Gasteiger partial charge in [-0.2, -0.15) is 0 Å². The fraction of sp³-hybridized carbons (Fsp3) is 0.167. The summed E-state index contributed by atoms with van der Waals surface area (Å²) in [4.78, 5) is 4.54. The summed E-state index contributed by atoms with van der Waals surface area (Å²) in [6, 6.07) is 11.4. The summed E-state index contributed by atoms with van der Waals surface area (Å²) >= 11 is 3.47. The molecular weight excluding hydrogens is 372 g/mol. The van der Waals surface area contributed by atoms with E-state index in [1.165, 1.54) is 12.5 Å². The maximum Gasteiger partial charge on any atom is 0.266 e. The van der Waals surface area contributed by atoms with E-state index in [2.05, 4.69) is 20.9 Å². The van der Waals surface area contributed by atoms with Gasteiger partial charge >= 0.3 is 0 Å². The SMILES string of the molecule is Cc1nc2ccc(Br)cn2c1C(O)c1ccccc1C1OC=CO1. The van der Waals surface area contributed by atoms with Crippen LogP contribution in [0.2, 0.25) is 0 Å². The van der Waals surface area contributed by atoms with Crippen LogP contribution in [0.4, 0.5) is 0 Å². The highest BCUT2D eigenvalue weighted by molar-refractivity contribution is 9.10. The van der Waals surface area contributed by atoms with Gasteiger partial charge in [-0.05, 0) is 40.5 Å². The van der Waals surface area contributed by atoms with Gasteiger partial charge in [-0.25, -0.2) is 4.98 Å². The number of nitrogens with zero attached hydrogens (tertiary/aromatic N) is 2. The molecule has 5 nitrogen and oxygen atoms in total. The fourth-order valence-electron chi connectivity index (χ4n) is 2.99. The number of benzene rings is 1. The maximum atomic E-state index is 11.1. The largest absolute Gasteiger partial charge is 0.455 e. The van der Waals surface area contributed by atoms with E-state index in [1.54, 1.807) is 0 Å². The molecule has 1 aromatic carbocycles. The lowest BCUT2D eigenvalue weighted by Crippen LogP contribution is -2.11. The molecule has 0 saturated carbocycles. The Morgan fingerprint density at radius 3 is 2.71 bits per heavy atom. The highest BCUT2D eigenvalue weighted by Crippen LogP contribution is 2.34. The second-order valence-electron chi connectivity index (χ2n) is 5.57. The van der Waals surface area contributed by atoms with Crippen molar-refractivity contribution in [2.24, 2.45) is 0 Å². The zero-order chi connectivity index (χ0) is 16.7. The van der Waals surface area contributed by atoms with Gasteiger partial charge in [0.2, 0.25) is 0 Å². The molecule has 1 aliphatic rings. The van der Waals surface area contributed by atoms with Crippen molar-refractivity contribution in [3.05, 3.63) is 82.1 Å². The minimum absolute atomic E-state index is 0.540. The summed E-state index contributed by atoms with van der Waals surface area (Å²) in [7, 11) is 0. The number of pyridine rings is 1. The molecule has 0 saturated heterocycles. The second kappa shape index (κ2) is 5.96. The van der Waals surface area contributed by atoms with Gasteiger partial charge in [-0.3, -0.25) is 4.40 Å². The van der Waals surface area contributed by atoms with Crippen LogP contribution >= 0.6 is 15.9 Å². The van der Waals surface area contributed by atoms with Crippen LogP contribution in [-0.2, 0) is 9.47 Å². The van der Waals surface area contributed by atoms with Crippen molar-refractivity contribution < 1.29 is 14.6 Å². The van der Waals surface area contributed by atoms with Crippen LogP contribution in [0, 0.1) is 6.92 Å². The molecule has 122 valence electrons. The van der Waals surface area contributed by atoms with Crippen LogP contribution < -0.4 is 0 Å². The van der Waals surface area contributed by atoms with Gasteiger partial charge in [0.25, 0.3) is 6.29 Å². The molecule has 24 heavy (non-hydrogen) atoms. The zero-order valence-corrected chi connectivity index (χ0v) is 14.5. The first-order valence-corrected chi connectivity index (χ1v) is 8.31. The number of aliphatic hydroxyl groups excluding tert-OH is 1. The maximum absolute atomic E-state index is 11.1. The Hall–Kier alpha value is -2.31. The summed E-state index contributed by atoms with van der Waals surface area (Å²) in [5, 5.41) is 11.1. The molecule has 0 spiro atoms. The number of fused-ring (bicyclic) bond motifs is 1. The Morgan fingerprint density at radius 2 is 1.92 bits per heavy atom. The first kappa shape index (κ1) is 15.2. The number of aromatic nitrogens is 2. The number of aryl methyl sites for hydroxylation is 1. The van der Waals surface area contributed by atoms with Gasteiger partial charge in [-0.1, -0.05) is 24.3 Å². The summed E-state index contributed by atoms with van der Waals surface area (Å²) in [6.45, 7) is 1.90. The molecular formula is C18H15BrN2O3. The molecule has 0 aliphatic carbocycles. The molecule has 6 heteroatoms. The first-order chi connectivity index (χ1) is 11.6. The first-order valence-electron chi connectivity index (χ1n) is 7.52. The van der Waals surface area contributed by atoms with E-state index >= 15 is 0 Å². The minimum Gasteiger partial charge on any atom is -0.455 e.